The lowest BCUT2D eigenvalue weighted by Crippen LogP contribution is -2.62. The molecule has 5 heteroatoms. The van der Waals surface area contributed by atoms with Gasteiger partial charge >= 0.3 is 0 Å². The van der Waals surface area contributed by atoms with Crippen LogP contribution >= 0.6 is 0 Å². The number of ether oxygens (including phenoxy) is 2. The molecule has 3 N–H and O–H groups in total. The first-order valence-corrected chi connectivity index (χ1v) is 10.1. The van der Waals surface area contributed by atoms with Crippen molar-refractivity contribution in [1.29, 1.82) is 0 Å². The van der Waals surface area contributed by atoms with Gasteiger partial charge in [0.05, 0.1) is 6.17 Å². The van der Waals surface area contributed by atoms with E-state index in [1.54, 1.807) is 0 Å². The molecule has 6 unspecified atom stereocenters. The average Bonchev–Trinajstić information content (AvgIpc) is 3.24. The zero-order chi connectivity index (χ0) is 17.1. The molecular formula is C20H31N3O2. The lowest BCUT2D eigenvalue weighted by atomic mass is 9.66. The van der Waals surface area contributed by atoms with E-state index in [0.717, 1.165) is 24.4 Å². The van der Waals surface area contributed by atoms with Gasteiger partial charge in [0, 0.05) is 24.2 Å². The third-order valence-electron chi connectivity index (χ3n) is 7.46. The molecule has 0 aromatic heterocycles. The Labute approximate surface area is 150 Å². The highest BCUT2D eigenvalue weighted by Gasteiger charge is 2.51. The largest absolute Gasteiger partial charge is 0.458 e. The number of hydrogen-bond acceptors (Lipinski definition) is 5. The molecule has 0 radical (unpaired) electrons. The van der Waals surface area contributed by atoms with Crippen LogP contribution in [0.1, 0.15) is 58.8 Å². The Morgan fingerprint density at radius 2 is 1.84 bits per heavy atom. The van der Waals surface area contributed by atoms with Crippen LogP contribution in [-0.4, -0.2) is 24.0 Å². The van der Waals surface area contributed by atoms with E-state index in [1.807, 2.05) is 0 Å². The highest BCUT2D eigenvalue weighted by atomic mass is 16.7. The van der Waals surface area contributed by atoms with Crippen LogP contribution in [0.2, 0.25) is 0 Å². The molecule has 25 heavy (non-hydrogen) atoms. The van der Waals surface area contributed by atoms with Gasteiger partial charge in [-0.25, -0.2) is 0 Å². The lowest BCUT2D eigenvalue weighted by Gasteiger charge is -2.52. The summed E-state index contributed by atoms with van der Waals surface area (Å²) in [6.07, 6.45) is 8.78. The van der Waals surface area contributed by atoms with Gasteiger partial charge in [-0.15, -0.1) is 0 Å². The molecule has 0 aromatic carbocycles. The van der Waals surface area contributed by atoms with Crippen molar-refractivity contribution in [1.82, 2.24) is 10.2 Å². The molecule has 0 bridgehead atoms. The van der Waals surface area contributed by atoms with E-state index in [4.69, 9.17) is 15.2 Å². The first-order valence-electron chi connectivity index (χ1n) is 10.1. The van der Waals surface area contributed by atoms with Gasteiger partial charge in [-0.1, -0.05) is 13.8 Å². The minimum Gasteiger partial charge on any atom is -0.458 e. The zero-order valence-corrected chi connectivity index (χ0v) is 15.5. The fourth-order valence-corrected chi connectivity index (χ4v) is 6.23. The van der Waals surface area contributed by atoms with Crippen molar-refractivity contribution in [3.05, 3.63) is 22.9 Å². The van der Waals surface area contributed by atoms with Gasteiger partial charge in [-0.3, -0.25) is 0 Å². The molecule has 5 aliphatic rings. The van der Waals surface area contributed by atoms with Crippen molar-refractivity contribution in [2.45, 2.75) is 71.1 Å². The Hall–Kier alpha value is -1.36. The van der Waals surface area contributed by atoms with Gasteiger partial charge in [-0.2, -0.15) is 0 Å². The Bertz CT molecular complexity index is 628. The summed E-state index contributed by atoms with van der Waals surface area (Å²) in [4.78, 5) is 2.54. The van der Waals surface area contributed by atoms with E-state index in [0.29, 0.717) is 36.6 Å². The summed E-state index contributed by atoms with van der Waals surface area (Å²) in [5, 5.41) is 3.87. The number of nitrogens with two attached hydrogens (primary N) is 1. The van der Waals surface area contributed by atoms with Crippen LogP contribution in [0.3, 0.4) is 0 Å². The van der Waals surface area contributed by atoms with Crippen LogP contribution in [0.5, 0.6) is 0 Å². The predicted octanol–water partition coefficient (Wildman–Crippen LogP) is 3.21. The summed E-state index contributed by atoms with van der Waals surface area (Å²) < 4.78 is 11.3. The molecule has 2 aliphatic carbocycles. The predicted molar refractivity (Wildman–Crippen MR) is 95.5 cm³/mol. The second kappa shape index (κ2) is 5.83. The standard InChI is InChI=1S/C20H31N3O2/c1-11-18(13-7-8-16-17(9-13)25-10-24-16)12(2)20-22-14-5-3-4-6-15(14)23(20)19(11)21/h11-13,18-20,22H,3-10,21H2,1-2H3. The molecule has 5 rings (SSSR count). The second-order valence-corrected chi connectivity index (χ2v) is 8.67. The number of rotatable bonds is 1. The van der Waals surface area contributed by atoms with E-state index in [9.17, 15) is 0 Å². The smallest absolute Gasteiger partial charge is 0.230 e. The summed E-state index contributed by atoms with van der Waals surface area (Å²) in [6, 6.07) is 0. The average molecular weight is 345 g/mol. The SMILES string of the molecule is CC1C(C2CCC3=C(C2)OCO3)C(C)C2NC3=C(CCCC3)N2C1N. The molecule has 0 aromatic rings. The molecule has 3 aliphatic heterocycles. The van der Waals surface area contributed by atoms with Crippen molar-refractivity contribution in [3.8, 4) is 0 Å². The minimum atomic E-state index is 0.125. The molecule has 1 fully saturated rings. The maximum absolute atomic E-state index is 6.82. The second-order valence-electron chi connectivity index (χ2n) is 8.67. The monoisotopic (exact) mass is 345 g/mol. The molecule has 5 nitrogen and oxygen atoms in total. The quantitative estimate of drug-likeness (QED) is 0.764. The summed E-state index contributed by atoms with van der Waals surface area (Å²) in [6.45, 7) is 5.23. The van der Waals surface area contributed by atoms with Crippen molar-refractivity contribution in [2.24, 2.45) is 29.4 Å². The minimum absolute atomic E-state index is 0.125. The van der Waals surface area contributed by atoms with Gasteiger partial charge < -0.3 is 25.4 Å². The number of fused-ring (bicyclic) bond motifs is 2. The van der Waals surface area contributed by atoms with E-state index >= 15 is 0 Å². The van der Waals surface area contributed by atoms with Gasteiger partial charge in [0.2, 0.25) is 6.79 Å². The highest BCUT2D eigenvalue weighted by Crippen LogP contribution is 2.50. The van der Waals surface area contributed by atoms with Gasteiger partial charge in [-0.05, 0) is 55.8 Å². The van der Waals surface area contributed by atoms with Crippen molar-refractivity contribution < 1.29 is 9.47 Å². The van der Waals surface area contributed by atoms with Gasteiger partial charge in [0.25, 0.3) is 0 Å². The van der Waals surface area contributed by atoms with E-state index in [-0.39, 0.29) is 6.17 Å². The molecule has 6 atom stereocenters. The molecule has 1 saturated heterocycles. The zero-order valence-electron chi connectivity index (χ0n) is 15.5. The highest BCUT2D eigenvalue weighted by molar-refractivity contribution is 5.25. The molecule has 138 valence electrons. The number of nitrogens with zero attached hydrogens (tertiary/aromatic N) is 1. The summed E-state index contributed by atoms with van der Waals surface area (Å²) >= 11 is 0. The molecule has 0 saturated carbocycles. The van der Waals surface area contributed by atoms with Crippen LogP contribution in [0.25, 0.3) is 0 Å². The summed E-state index contributed by atoms with van der Waals surface area (Å²) in [5.74, 6) is 4.59. The Morgan fingerprint density at radius 3 is 2.72 bits per heavy atom. The Morgan fingerprint density at radius 1 is 1.04 bits per heavy atom. The van der Waals surface area contributed by atoms with E-state index in [1.165, 1.54) is 43.5 Å². The molecule has 0 amide bonds. The Balaban J connectivity index is 1.40. The lowest BCUT2D eigenvalue weighted by molar-refractivity contribution is -0.0374. The van der Waals surface area contributed by atoms with Crippen molar-refractivity contribution >= 4 is 0 Å². The summed E-state index contributed by atoms with van der Waals surface area (Å²) in [5.41, 5.74) is 9.82. The number of hydrogen-bond donors (Lipinski definition) is 2. The number of nitrogens with one attached hydrogen (secondary N) is 1. The van der Waals surface area contributed by atoms with Gasteiger partial charge in [0.1, 0.15) is 17.7 Å². The van der Waals surface area contributed by atoms with Crippen LogP contribution in [0, 0.1) is 23.7 Å². The fourth-order valence-electron chi connectivity index (χ4n) is 6.23. The first kappa shape index (κ1) is 15.9. The molecular weight excluding hydrogens is 314 g/mol. The maximum Gasteiger partial charge on any atom is 0.230 e. The topological polar surface area (TPSA) is 59.8 Å². The summed E-state index contributed by atoms with van der Waals surface area (Å²) in [7, 11) is 0. The maximum atomic E-state index is 6.82. The van der Waals surface area contributed by atoms with Gasteiger partial charge in [0.15, 0.2) is 0 Å². The van der Waals surface area contributed by atoms with E-state index in [2.05, 4.69) is 24.1 Å². The third kappa shape index (κ3) is 2.31. The van der Waals surface area contributed by atoms with Crippen LogP contribution in [0.15, 0.2) is 22.9 Å². The molecule has 3 heterocycles. The van der Waals surface area contributed by atoms with Crippen LogP contribution < -0.4 is 11.1 Å². The first-order chi connectivity index (χ1) is 12.1. The van der Waals surface area contributed by atoms with Crippen molar-refractivity contribution in [2.75, 3.05) is 6.79 Å². The Kier molecular flexibility index (Phi) is 3.70. The van der Waals surface area contributed by atoms with Crippen LogP contribution in [-0.2, 0) is 9.47 Å². The normalized spacial score (nSPS) is 43.1. The fraction of sp³-hybridized carbons (Fsp3) is 0.800. The molecule has 0 spiro atoms. The third-order valence-corrected chi connectivity index (χ3v) is 7.46. The van der Waals surface area contributed by atoms with Crippen molar-refractivity contribution in [3.63, 3.8) is 0 Å². The number of piperidine rings is 1. The van der Waals surface area contributed by atoms with E-state index < -0.39 is 0 Å². The van der Waals surface area contributed by atoms with Crippen LogP contribution in [0.4, 0.5) is 0 Å². The number of allylic oxidation sites excluding steroid dienone is 4.